The van der Waals surface area contributed by atoms with Crippen LogP contribution in [0.3, 0.4) is 0 Å². The normalized spacial score (nSPS) is 44.1. The predicted octanol–water partition coefficient (Wildman–Crippen LogP) is 2.78. The maximum Gasteiger partial charge on any atom is 0.302 e. The molecule has 36 heavy (non-hydrogen) atoms. The molecule has 204 valence electrons. The number of esters is 2. The van der Waals surface area contributed by atoms with Crippen molar-refractivity contribution in [3.63, 3.8) is 0 Å². The maximum atomic E-state index is 13.2. The van der Waals surface area contributed by atoms with Crippen molar-refractivity contribution < 1.29 is 41.6 Å². The molecule has 0 aromatic rings. The van der Waals surface area contributed by atoms with Gasteiger partial charge in [-0.15, -0.1) is 0 Å². The van der Waals surface area contributed by atoms with Gasteiger partial charge in [-0.25, -0.2) is 0 Å². The Hall–Kier alpha value is -1.52. The molecule has 4 aliphatic carbocycles. The van der Waals surface area contributed by atoms with Crippen molar-refractivity contribution in [3.05, 3.63) is 0 Å². The van der Waals surface area contributed by atoms with Crippen LogP contribution in [0.2, 0.25) is 0 Å². The van der Waals surface area contributed by atoms with Crippen molar-refractivity contribution in [2.75, 3.05) is 12.9 Å². The summed E-state index contributed by atoms with van der Waals surface area (Å²) >= 11 is 0. The fourth-order valence-corrected chi connectivity index (χ4v) is 8.97. The summed E-state index contributed by atoms with van der Waals surface area (Å²) in [7, 11) is -3.80. The quantitative estimate of drug-likeness (QED) is 0.408. The number of ketones is 1. The zero-order valence-electron chi connectivity index (χ0n) is 21.9. The minimum atomic E-state index is -3.80. The third kappa shape index (κ3) is 4.51. The maximum absolute atomic E-state index is 13.2. The Morgan fingerprint density at radius 3 is 2.19 bits per heavy atom. The summed E-state index contributed by atoms with van der Waals surface area (Å²) in [6, 6.07) is 0. The van der Waals surface area contributed by atoms with Crippen molar-refractivity contribution in [2.24, 2.45) is 34.5 Å². The second kappa shape index (κ2) is 9.34. The van der Waals surface area contributed by atoms with Gasteiger partial charge in [-0.1, -0.05) is 13.8 Å². The van der Waals surface area contributed by atoms with Gasteiger partial charge in [-0.3, -0.25) is 18.6 Å². The van der Waals surface area contributed by atoms with Crippen LogP contribution >= 0.6 is 0 Å². The Balaban J connectivity index is 1.66. The number of carbonyl (C=O) groups excluding carboxylic acids is 3. The minimum Gasteiger partial charge on any atom is -0.463 e. The van der Waals surface area contributed by atoms with Crippen LogP contribution in [0, 0.1) is 34.5 Å². The summed E-state index contributed by atoms with van der Waals surface area (Å²) in [5.41, 5.74) is -2.39. The van der Waals surface area contributed by atoms with Crippen LogP contribution in [0.1, 0.15) is 79.1 Å². The Morgan fingerprint density at radius 1 is 0.917 bits per heavy atom. The zero-order valence-corrected chi connectivity index (χ0v) is 22.8. The van der Waals surface area contributed by atoms with Gasteiger partial charge in [-0.05, 0) is 74.5 Å². The molecule has 4 rings (SSSR count). The topological polar surface area (TPSA) is 133 Å². The van der Waals surface area contributed by atoms with E-state index >= 15 is 0 Å². The van der Waals surface area contributed by atoms with E-state index in [1.165, 1.54) is 13.8 Å². The highest BCUT2D eigenvalue weighted by atomic mass is 32.2. The van der Waals surface area contributed by atoms with Crippen molar-refractivity contribution in [2.45, 2.75) is 96.9 Å². The molecule has 0 aromatic heterocycles. The van der Waals surface area contributed by atoms with Crippen LogP contribution in [-0.4, -0.2) is 61.9 Å². The lowest BCUT2D eigenvalue weighted by Crippen LogP contribution is -2.68. The molecule has 4 fully saturated rings. The van der Waals surface area contributed by atoms with E-state index < -0.39 is 51.5 Å². The summed E-state index contributed by atoms with van der Waals surface area (Å²) in [5.74, 6) is -1.48. The number of rotatable bonds is 6. The van der Waals surface area contributed by atoms with Crippen LogP contribution in [0.25, 0.3) is 0 Å². The molecule has 0 heterocycles. The highest BCUT2D eigenvalue weighted by molar-refractivity contribution is 7.86. The van der Waals surface area contributed by atoms with Gasteiger partial charge in [0.05, 0.1) is 11.9 Å². The highest BCUT2D eigenvalue weighted by Gasteiger charge is 2.72. The number of carbonyl (C=O) groups is 3. The number of hydrogen-bond acceptors (Lipinski definition) is 9. The van der Waals surface area contributed by atoms with E-state index in [9.17, 15) is 27.9 Å². The Kier molecular flexibility index (Phi) is 7.14. The number of hydrogen-bond donors (Lipinski definition) is 1. The molecule has 0 spiro atoms. The summed E-state index contributed by atoms with van der Waals surface area (Å²) in [5, 5.41) is 12.4. The van der Waals surface area contributed by atoms with E-state index in [4.69, 9.17) is 13.7 Å². The van der Waals surface area contributed by atoms with Crippen molar-refractivity contribution in [1.29, 1.82) is 0 Å². The van der Waals surface area contributed by atoms with Crippen molar-refractivity contribution >= 4 is 27.8 Å². The number of fused-ring (bicyclic) bond motifs is 5. The van der Waals surface area contributed by atoms with E-state index in [0.29, 0.717) is 25.2 Å². The molecule has 9 atom stereocenters. The molecule has 1 N–H and O–H groups in total. The molecular formula is C26H40O9S. The largest absolute Gasteiger partial charge is 0.463 e. The summed E-state index contributed by atoms with van der Waals surface area (Å²) in [6.45, 7) is 6.27. The lowest BCUT2D eigenvalue weighted by molar-refractivity contribution is -0.252. The van der Waals surface area contributed by atoms with Gasteiger partial charge in [0.1, 0.15) is 18.8 Å². The lowest BCUT2D eigenvalue weighted by Gasteiger charge is -2.65. The van der Waals surface area contributed by atoms with Crippen LogP contribution < -0.4 is 0 Å². The van der Waals surface area contributed by atoms with Gasteiger partial charge in [0.2, 0.25) is 0 Å². The SMILES string of the molecule is CC(=O)O[C@H]1CC[C@]2(C)C3C[C@@H](OC(C)=O)[C@]4(C)[C@@H](C(=O)COS(C)(=O)=O)CC[C@]4(O)C3CC[C@@H]2C1. The first kappa shape index (κ1) is 27.5. The van der Waals surface area contributed by atoms with Crippen LogP contribution in [0.15, 0.2) is 0 Å². The standard InChI is InChI=1S/C26H40O9S/c1-15(27)34-18-8-10-24(3)17(12-18)6-7-19-21(24)13-23(35-16(2)28)25(4)20(9-11-26(19,25)30)22(29)14-33-36(5,31)32/h17-21,23,30H,6-14H2,1-5H3/t17-,18+,19?,20-,21?,23-,24+,25+,26+/m1/s1. The third-order valence-corrected chi connectivity index (χ3v) is 10.9. The fourth-order valence-electron chi connectivity index (χ4n) is 8.64. The number of Topliss-reactive ketones (excluding diaryl/α,β-unsaturated/α-hetero) is 1. The average molecular weight is 529 g/mol. The average Bonchev–Trinajstić information content (AvgIpc) is 3.04. The summed E-state index contributed by atoms with van der Waals surface area (Å²) in [4.78, 5) is 37.0. The Morgan fingerprint density at radius 2 is 1.58 bits per heavy atom. The molecule has 0 saturated heterocycles. The molecule has 4 aliphatic rings. The lowest BCUT2D eigenvalue weighted by atomic mass is 9.42. The molecular weight excluding hydrogens is 488 g/mol. The van der Waals surface area contributed by atoms with Crippen LogP contribution in [-0.2, 0) is 38.2 Å². The molecule has 10 heteroatoms. The van der Waals surface area contributed by atoms with Gasteiger partial charge in [-0.2, -0.15) is 8.42 Å². The fraction of sp³-hybridized carbons (Fsp3) is 0.885. The predicted molar refractivity (Wildman–Crippen MR) is 129 cm³/mol. The number of ether oxygens (including phenoxy) is 2. The first-order valence-electron chi connectivity index (χ1n) is 13.1. The van der Waals surface area contributed by atoms with E-state index in [2.05, 4.69) is 6.92 Å². The zero-order chi connectivity index (χ0) is 26.7. The minimum absolute atomic E-state index is 0.0746. The first-order valence-corrected chi connectivity index (χ1v) is 14.9. The van der Waals surface area contributed by atoms with E-state index in [-0.39, 0.29) is 29.3 Å². The third-order valence-electron chi connectivity index (χ3n) is 10.3. The van der Waals surface area contributed by atoms with E-state index in [1.54, 1.807) is 0 Å². The molecule has 0 aromatic carbocycles. The van der Waals surface area contributed by atoms with Gasteiger partial charge >= 0.3 is 11.9 Å². The molecule has 9 nitrogen and oxygen atoms in total. The van der Waals surface area contributed by atoms with E-state index in [1.807, 2.05) is 6.92 Å². The smallest absolute Gasteiger partial charge is 0.302 e. The van der Waals surface area contributed by atoms with E-state index in [0.717, 1.165) is 38.4 Å². The van der Waals surface area contributed by atoms with Crippen molar-refractivity contribution in [1.82, 2.24) is 0 Å². The Bertz CT molecular complexity index is 1020. The van der Waals surface area contributed by atoms with Gasteiger partial charge in [0.15, 0.2) is 5.78 Å². The summed E-state index contributed by atoms with van der Waals surface area (Å²) in [6.07, 6.45) is 5.48. The van der Waals surface area contributed by atoms with Crippen LogP contribution in [0.5, 0.6) is 0 Å². The first-order chi connectivity index (χ1) is 16.6. The second-order valence-corrected chi connectivity index (χ2v) is 13.7. The molecule has 0 aliphatic heterocycles. The second-order valence-electron chi connectivity index (χ2n) is 12.1. The molecule has 0 bridgehead atoms. The summed E-state index contributed by atoms with van der Waals surface area (Å²) < 4.78 is 39.2. The molecule has 4 saturated carbocycles. The van der Waals surface area contributed by atoms with Gasteiger partial charge in [0, 0.05) is 25.2 Å². The van der Waals surface area contributed by atoms with Gasteiger partial charge < -0.3 is 14.6 Å². The molecule has 2 unspecified atom stereocenters. The molecule has 0 amide bonds. The van der Waals surface area contributed by atoms with Gasteiger partial charge in [0.25, 0.3) is 10.1 Å². The number of aliphatic hydroxyl groups is 1. The Labute approximate surface area is 213 Å². The molecule has 0 radical (unpaired) electrons. The van der Waals surface area contributed by atoms with Crippen molar-refractivity contribution in [3.8, 4) is 0 Å². The monoisotopic (exact) mass is 528 g/mol. The van der Waals surface area contributed by atoms with Crippen LogP contribution in [0.4, 0.5) is 0 Å². The highest BCUT2D eigenvalue weighted by Crippen LogP contribution is 2.69.